The molecule has 2 aromatic heterocycles. The van der Waals surface area contributed by atoms with Crippen molar-refractivity contribution in [2.24, 2.45) is 0 Å². The molecule has 1 aliphatic heterocycles. The number of benzene rings is 1. The van der Waals surface area contributed by atoms with E-state index in [1.165, 1.54) is 0 Å². The van der Waals surface area contributed by atoms with Crippen LogP contribution in [0.4, 0.5) is 11.8 Å². The number of aromatic nitrogens is 4. The van der Waals surface area contributed by atoms with E-state index < -0.39 is 0 Å². The third-order valence-corrected chi connectivity index (χ3v) is 4.46. The maximum atomic E-state index is 11.3. The normalized spacial score (nSPS) is 15.6. The van der Waals surface area contributed by atoms with Gasteiger partial charge in [-0.25, -0.2) is 9.78 Å². The standard InChI is InChI=1S/C17H20N6O2/c24-12-4-7-23(8-5-12)15-3-6-18-16(22-15)19-10-11-1-2-13-14(9-11)21-17(25)20-13/h1-3,6,9,12,24H,4-5,7-8,10H2,(H,18,19,22)(H2,20,21,25). The first-order chi connectivity index (χ1) is 12.2. The first-order valence-corrected chi connectivity index (χ1v) is 8.38. The summed E-state index contributed by atoms with van der Waals surface area (Å²) < 4.78 is 0. The molecule has 0 bridgehead atoms. The zero-order valence-corrected chi connectivity index (χ0v) is 13.7. The minimum atomic E-state index is -0.206. The first kappa shape index (κ1) is 15.6. The molecule has 1 saturated heterocycles. The molecular weight excluding hydrogens is 320 g/mol. The van der Waals surface area contributed by atoms with Gasteiger partial charge in [-0.3, -0.25) is 0 Å². The van der Waals surface area contributed by atoms with E-state index in [1.54, 1.807) is 6.20 Å². The molecule has 130 valence electrons. The van der Waals surface area contributed by atoms with Gasteiger partial charge in [0.1, 0.15) is 5.82 Å². The Morgan fingerprint density at radius 2 is 2.00 bits per heavy atom. The molecule has 0 spiro atoms. The maximum Gasteiger partial charge on any atom is 0.323 e. The van der Waals surface area contributed by atoms with Crippen molar-refractivity contribution >= 4 is 22.8 Å². The highest BCUT2D eigenvalue weighted by Crippen LogP contribution is 2.19. The molecule has 0 atom stereocenters. The Morgan fingerprint density at radius 3 is 2.84 bits per heavy atom. The van der Waals surface area contributed by atoms with E-state index in [1.807, 2.05) is 24.3 Å². The Labute approximate surface area is 143 Å². The zero-order valence-electron chi connectivity index (χ0n) is 13.7. The van der Waals surface area contributed by atoms with Crippen LogP contribution in [-0.2, 0) is 6.54 Å². The summed E-state index contributed by atoms with van der Waals surface area (Å²) in [6.45, 7) is 2.16. The lowest BCUT2D eigenvalue weighted by atomic mass is 10.1. The van der Waals surface area contributed by atoms with Gasteiger partial charge >= 0.3 is 5.69 Å². The van der Waals surface area contributed by atoms with E-state index in [0.29, 0.717) is 12.5 Å². The second-order valence-electron chi connectivity index (χ2n) is 6.27. The molecule has 4 rings (SSSR count). The van der Waals surface area contributed by atoms with E-state index in [9.17, 15) is 9.90 Å². The Morgan fingerprint density at radius 1 is 1.20 bits per heavy atom. The van der Waals surface area contributed by atoms with Crippen molar-refractivity contribution in [2.75, 3.05) is 23.3 Å². The number of fused-ring (bicyclic) bond motifs is 1. The summed E-state index contributed by atoms with van der Waals surface area (Å²) in [4.78, 5) is 27.8. The average Bonchev–Trinajstić information content (AvgIpc) is 3.00. The Bertz CT molecular complexity index is 926. The van der Waals surface area contributed by atoms with Crippen molar-refractivity contribution in [3.63, 3.8) is 0 Å². The third kappa shape index (κ3) is 3.48. The van der Waals surface area contributed by atoms with Crippen molar-refractivity contribution in [1.29, 1.82) is 0 Å². The minimum absolute atomic E-state index is 0.203. The average molecular weight is 340 g/mol. The highest BCUT2D eigenvalue weighted by Gasteiger charge is 2.18. The van der Waals surface area contributed by atoms with Crippen LogP contribution in [0.15, 0.2) is 35.3 Å². The second kappa shape index (κ2) is 6.56. The fraction of sp³-hybridized carbons (Fsp3) is 0.353. The van der Waals surface area contributed by atoms with Crippen LogP contribution in [0, 0.1) is 0 Å². The number of H-pyrrole nitrogens is 2. The van der Waals surface area contributed by atoms with Crippen LogP contribution >= 0.6 is 0 Å². The first-order valence-electron chi connectivity index (χ1n) is 8.38. The lowest BCUT2D eigenvalue weighted by molar-refractivity contribution is 0.145. The van der Waals surface area contributed by atoms with E-state index in [4.69, 9.17) is 0 Å². The molecule has 0 amide bonds. The van der Waals surface area contributed by atoms with Crippen LogP contribution in [0.2, 0.25) is 0 Å². The number of aliphatic hydroxyl groups excluding tert-OH is 1. The third-order valence-electron chi connectivity index (χ3n) is 4.46. The molecule has 0 radical (unpaired) electrons. The molecule has 0 aliphatic carbocycles. The van der Waals surface area contributed by atoms with Crippen molar-refractivity contribution in [1.82, 2.24) is 19.9 Å². The fourth-order valence-electron chi connectivity index (χ4n) is 3.08. The molecular formula is C17H20N6O2. The number of piperidine rings is 1. The molecule has 0 saturated carbocycles. The predicted octanol–water partition coefficient (Wildman–Crippen LogP) is 1.22. The van der Waals surface area contributed by atoms with Crippen molar-refractivity contribution < 1.29 is 5.11 Å². The number of hydrogen-bond acceptors (Lipinski definition) is 6. The molecule has 8 nitrogen and oxygen atoms in total. The Hall–Kier alpha value is -2.87. The number of aliphatic hydroxyl groups is 1. The zero-order chi connectivity index (χ0) is 17.2. The number of aromatic amines is 2. The van der Waals surface area contributed by atoms with Gasteiger partial charge in [-0.05, 0) is 36.6 Å². The number of nitrogens with zero attached hydrogens (tertiary/aromatic N) is 3. The SMILES string of the molecule is O=c1[nH]c2ccc(CNc3nccc(N4CCC(O)CC4)n3)cc2[nH]1. The topological polar surface area (TPSA) is 110 Å². The van der Waals surface area contributed by atoms with E-state index in [0.717, 1.165) is 48.3 Å². The molecule has 1 aromatic carbocycles. The molecule has 3 aromatic rings. The van der Waals surface area contributed by atoms with Crippen LogP contribution in [0.5, 0.6) is 0 Å². The lowest BCUT2D eigenvalue weighted by Gasteiger charge is -2.30. The van der Waals surface area contributed by atoms with Crippen LogP contribution < -0.4 is 15.9 Å². The van der Waals surface area contributed by atoms with Gasteiger partial charge < -0.3 is 25.3 Å². The second-order valence-corrected chi connectivity index (χ2v) is 6.27. The van der Waals surface area contributed by atoms with Gasteiger partial charge in [0.25, 0.3) is 0 Å². The Balaban J connectivity index is 1.45. The van der Waals surface area contributed by atoms with Gasteiger partial charge in [-0.1, -0.05) is 6.07 Å². The monoisotopic (exact) mass is 340 g/mol. The quantitative estimate of drug-likeness (QED) is 0.568. The summed E-state index contributed by atoms with van der Waals surface area (Å²) in [5.41, 5.74) is 2.39. The molecule has 3 heterocycles. The largest absolute Gasteiger partial charge is 0.393 e. The predicted molar refractivity (Wildman–Crippen MR) is 95.7 cm³/mol. The van der Waals surface area contributed by atoms with Gasteiger partial charge in [0.15, 0.2) is 0 Å². The summed E-state index contributed by atoms with van der Waals surface area (Å²) >= 11 is 0. The van der Waals surface area contributed by atoms with Gasteiger partial charge in [0.05, 0.1) is 17.1 Å². The molecule has 1 aliphatic rings. The molecule has 1 fully saturated rings. The van der Waals surface area contributed by atoms with Crippen LogP contribution in [0.1, 0.15) is 18.4 Å². The maximum absolute atomic E-state index is 11.3. The number of hydrogen-bond donors (Lipinski definition) is 4. The molecule has 4 N–H and O–H groups in total. The van der Waals surface area contributed by atoms with E-state index in [2.05, 4.69) is 30.2 Å². The summed E-state index contributed by atoms with van der Waals surface area (Å²) in [6.07, 6.45) is 3.07. The van der Waals surface area contributed by atoms with Crippen LogP contribution in [0.25, 0.3) is 11.0 Å². The van der Waals surface area contributed by atoms with Gasteiger partial charge in [0.2, 0.25) is 5.95 Å². The van der Waals surface area contributed by atoms with Crippen molar-refractivity contribution in [3.8, 4) is 0 Å². The van der Waals surface area contributed by atoms with Crippen LogP contribution in [-0.4, -0.2) is 44.2 Å². The van der Waals surface area contributed by atoms with Crippen LogP contribution in [0.3, 0.4) is 0 Å². The number of rotatable bonds is 4. The van der Waals surface area contributed by atoms with Gasteiger partial charge in [0, 0.05) is 25.8 Å². The molecule has 25 heavy (non-hydrogen) atoms. The number of anilines is 2. The fourth-order valence-corrected chi connectivity index (χ4v) is 3.08. The lowest BCUT2D eigenvalue weighted by Crippen LogP contribution is -2.36. The summed E-state index contributed by atoms with van der Waals surface area (Å²) in [5.74, 6) is 1.43. The van der Waals surface area contributed by atoms with Gasteiger partial charge in [-0.15, -0.1) is 0 Å². The van der Waals surface area contributed by atoms with E-state index >= 15 is 0 Å². The molecule has 8 heteroatoms. The highest BCUT2D eigenvalue weighted by molar-refractivity contribution is 5.75. The smallest absolute Gasteiger partial charge is 0.323 e. The molecule has 0 unspecified atom stereocenters. The van der Waals surface area contributed by atoms with E-state index in [-0.39, 0.29) is 11.8 Å². The summed E-state index contributed by atoms with van der Waals surface area (Å²) in [5, 5.41) is 12.8. The number of imidazole rings is 1. The minimum Gasteiger partial charge on any atom is -0.393 e. The summed E-state index contributed by atoms with van der Waals surface area (Å²) in [6, 6.07) is 7.64. The highest BCUT2D eigenvalue weighted by atomic mass is 16.3. The Kier molecular flexibility index (Phi) is 4.10. The number of nitrogens with one attached hydrogen (secondary N) is 3. The summed E-state index contributed by atoms with van der Waals surface area (Å²) in [7, 11) is 0. The van der Waals surface area contributed by atoms with Crippen molar-refractivity contribution in [2.45, 2.75) is 25.5 Å². The van der Waals surface area contributed by atoms with Crippen molar-refractivity contribution in [3.05, 3.63) is 46.5 Å². The van der Waals surface area contributed by atoms with Gasteiger partial charge in [-0.2, -0.15) is 4.98 Å².